The van der Waals surface area contributed by atoms with Crippen molar-refractivity contribution in [2.45, 2.75) is 6.92 Å². The minimum atomic E-state index is -0.0700. The summed E-state index contributed by atoms with van der Waals surface area (Å²) in [4.78, 5) is 3.97. The van der Waals surface area contributed by atoms with Crippen LogP contribution in [-0.4, -0.2) is 10.8 Å². The number of ether oxygens (including phenoxy) is 1. The van der Waals surface area contributed by atoms with Crippen molar-refractivity contribution in [2.75, 3.05) is 0 Å². The molecular formula is C13H13N3O. The maximum absolute atomic E-state index is 7.30. The van der Waals surface area contributed by atoms with Crippen LogP contribution in [0.15, 0.2) is 42.6 Å². The summed E-state index contributed by atoms with van der Waals surface area (Å²) in [6.07, 6.45) is 1.57. The van der Waals surface area contributed by atoms with Crippen LogP contribution in [0, 0.1) is 12.3 Å². The molecule has 0 bridgehead atoms. The third-order valence-corrected chi connectivity index (χ3v) is 2.26. The van der Waals surface area contributed by atoms with E-state index in [1.165, 1.54) is 5.56 Å². The van der Waals surface area contributed by atoms with Crippen LogP contribution in [0.5, 0.6) is 11.5 Å². The number of nitrogens with zero attached hydrogens (tertiary/aromatic N) is 1. The van der Waals surface area contributed by atoms with Crippen molar-refractivity contribution >= 4 is 5.84 Å². The molecule has 1 heterocycles. The quantitative estimate of drug-likeness (QED) is 0.625. The van der Waals surface area contributed by atoms with Crippen molar-refractivity contribution in [2.24, 2.45) is 5.73 Å². The van der Waals surface area contributed by atoms with Crippen LogP contribution in [0.2, 0.25) is 0 Å². The van der Waals surface area contributed by atoms with Gasteiger partial charge in [0.1, 0.15) is 23.0 Å². The van der Waals surface area contributed by atoms with E-state index in [0.717, 1.165) is 5.75 Å². The molecule has 4 heteroatoms. The molecule has 17 heavy (non-hydrogen) atoms. The molecule has 0 saturated heterocycles. The summed E-state index contributed by atoms with van der Waals surface area (Å²) in [7, 11) is 0. The number of nitrogens with two attached hydrogens (primary N) is 1. The van der Waals surface area contributed by atoms with Gasteiger partial charge in [-0.05, 0) is 25.1 Å². The van der Waals surface area contributed by atoms with Gasteiger partial charge in [0, 0.05) is 12.3 Å². The van der Waals surface area contributed by atoms with Crippen LogP contribution in [-0.2, 0) is 0 Å². The van der Waals surface area contributed by atoms with Gasteiger partial charge in [-0.15, -0.1) is 0 Å². The van der Waals surface area contributed by atoms with Gasteiger partial charge in [-0.3, -0.25) is 10.4 Å². The van der Waals surface area contributed by atoms with E-state index in [-0.39, 0.29) is 5.84 Å². The van der Waals surface area contributed by atoms with Gasteiger partial charge in [-0.1, -0.05) is 17.7 Å². The highest BCUT2D eigenvalue weighted by Gasteiger charge is 2.02. The summed E-state index contributed by atoms with van der Waals surface area (Å²) in [6, 6.07) is 11.1. The molecule has 0 spiro atoms. The number of aryl methyl sites for hydroxylation is 1. The van der Waals surface area contributed by atoms with E-state index in [0.29, 0.717) is 11.4 Å². The van der Waals surface area contributed by atoms with E-state index in [1.54, 1.807) is 18.3 Å². The second-order valence-electron chi connectivity index (χ2n) is 3.71. The normalized spacial score (nSPS) is 9.94. The highest BCUT2D eigenvalue weighted by atomic mass is 16.5. The number of rotatable bonds is 3. The van der Waals surface area contributed by atoms with Crippen molar-refractivity contribution < 1.29 is 4.74 Å². The lowest BCUT2D eigenvalue weighted by molar-refractivity contribution is 0.481. The first-order valence-corrected chi connectivity index (χ1v) is 5.20. The molecule has 86 valence electrons. The zero-order chi connectivity index (χ0) is 12.3. The van der Waals surface area contributed by atoms with Gasteiger partial charge in [0.2, 0.25) is 0 Å². The van der Waals surface area contributed by atoms with Gasteiger partial charge in [0.05, 0.1) is 0 Å². The van der Waals surface area contributed by atoms with Crippen LogP contribution < -0.4 is 10.5 Å². The fourth-order valence-electron chi connectivity index (χ4n) is 1.36. The molecule has 0 amide bonds. The van der Waals surface area contributed by atoms with Crippen LogP contribution in [0.4, 0.5) is 0 Å². The molecule has 2 aromatic rings. The predicted molar refractivity (Wildman–Crippen MR) is 66.5 cm³/mol. The fourth-order valence-corrected chi connectivity index (χ4v) is 1.36. The highest BCUT2D eigenvalue weighted by Crippen LogP contribution is 2.21. The molecule has 4 nitrogen and oxygen atoms in total. The summed E-state index contributed by atoms with van der Waals surface area (Å²) in [5, 5.41) is 7.30. The maximum Gasteiger partial charge on any atom is 0.141 e. The van der Waals surface area contributed by atoms with E-state index in [1.807, 2.05) is 31.2 Å². The number of aromatic nitrogens is 1. The monoisotopic (exact) mass is 227 g/mol. The van der Waals surface area contributed by atoms with Crippen LogP contribution >= 0.6 is 0 Å². The maximum atomic E-state index is 7.30. The predicted octanol–water partition coefficient (Wildman–Crippen LogP) is 2.47. The molecule has 3 N–H and O–H groups in total. The number of amidine groups is 1. The Balaban J connectivity index is 2.21. The van der Waals surface area contributed by atoms with Gasteiger partial charge < -0.3 is 10.5 Å². The van der Waals surface area contributed by atoms with E-state index in [9.17, 15) is 0 Å². The second-order valence-corrected chi connectivity index (χ2v) is 3.71. The summed E-state index contributed by atoms with van der Waals surface area (Å²) in [5.41, 5.74) is 6.95. The van der Waals surface area contributed by atoms with Crippen molar-refractivity contribution in [1.82, 2.24) is 4.98 Å². The minimum Gasteiger partial charge on any atom is -0.457 e. The van der Waals surface area contributed by atoms with Crippen LogP contribution in [0.3, 0.4) is 0 Å². The van der Waals surface area contributed by atoms with Crippen molar-refractivity contribution in [3.05, 3.63) is 53.9 Å². The molecule has 0 aliphatic carbocycles. The average Bonchev–Trinajstić information content (AvgIpc) is 2.32. The first-order chi connectivity index (χ1) is 8.15. The Morgan fingerprint density at radius 1 is 1.18 bits per heavy atom. The molecular weight excluding hydrogens is 214 g/mol. The Morgan fingerprint density at radius 3 is 2.53 bits per heavy atom. The minimum absolute atomic E-state index is 0.0700. The van der Waals surface area contributed by atoms with Gasteiger partial charge >= 0.3 is 0 Å². The van der Waals surface area contributed by atoms with Gasteiger partial charge in [-0.2, -0.15) is 0 Å². The lowest BCUT2D eigenvalue weighted by Gasteiger charge is -2.06. The first kappa shape index (κ1) is 11.1. The molecule has 1 aromatic carbocycles. The highest BCUT2D eigenvalue weighted by molar-refractivity contribution is 5.93. The summed E-state index contributed by atoms with van der Waals surface area (Å²) in [6.45, 7) is 2.02. The van der Waals surface area contributed by atoms with Crippen molar-refractivity contribution in [1.29, 1.82) is 5.41 Å². The summed E-state index contributed by atoms with van der Waals surface area (Å²) in [5.74, 6) is 1.30. The lowest BCUT2D eigenvalue weighted by Crippen LogP contribution is -2.12. The number of hydrogen-bond acceptors (Lipinski definition) is 3. The number of pyridine rings is 1. The largest absolute Gasteiger partial charge is 0.457 e. The smallest absolute Gasteiger partial charge is 0.141 e. The van der Waals surface area contributed by atoms with E-state index >= 15 is 0 Å². The first-order valence-electron chi connectivity index (χ1n) is 5.20. The SMILES string of the molecule is Cc1ccc(Oc2ccnc(C(=N)N)c2)cc1. The molecule has 0 atom stereocenters. The Morgan fingerprint density at radius 2 is 1.88 bits per heavy atom. The Hall–Kier alpha value is -2.36. The fraction of sp³-hybridized carbons (Fsp3) is 0.0769. The van der Waals surface area contributed by atoms with Crippen LogP contribution in [0.1, 0.15) is 11.3 Å². The molecule has 2 rings (SSSR count). The molecule has 0 fully saturated rings. The Bertz CT molecular complexity index is 535. The molecule has 0 unspecified atom stereocenters. The van der Waals surface area contributed by atoms with E-state index in [4.69, 9.17) is 15.9 Å². The molecule has 0 aliphatic rings. The van der Waals surface area contributed by atoms with Crippen molar-refractivity contribution in [3.63, 3.8) is 0 Å². The standard InChI is InChI=1S/C13H13N3O/c1-9-2-4-10(5-3-9)17-11-6-7-16-12(8-11)13(14)15/h2-8H,1H3,(H3,14,15). The van der Waals surface area contributed by atoms with Gasteiger partial charge in [0.25, 0.3) is 0 Å². The van der Waals surface area contributed by atoms with E-state index < -0.39 is 0 Å². The van der Waals surface area contributed by atoms with E-state index in [2.05, 4.69) is 4.98 Å². The number of benzene rings is 1. The third-order valence-electron chi connectivity index (χ3n) is 2.26. The van der Waals surface area contributed by atoms with Crippen molar-refractivity contribution in [3.8, 4) is 11.5 Å². The second kappa shape index (κ2) is 4.65. The Kier molecular flexibility index (Phi) is 3.05. The third kappa shape index (κ3) is 2.81. The average molecular weight is 227 g/mol. The summed E-state index contributed by atoms with van der Waals surface area (Å²) < 4.78 is 5.63. The molecule has 0 aliphatic heterocycles. The molecule has 1 aromatic heterocycles. The molecule has 0 radical (unpaired) electrons. The van der Waals surface area contributed by atoms with Gasteiger partial charge in [0.15, 0.2) is 0 Å². The number of nitrogen functional groups attached to an aromatic ring is 1. The summed E-state index contributed by atoms with van der Waals surface area (Å²) >= 11 is 0. The zero-order valence-electron chi connectivity index (χ0n) is 9.47. The Labute approximate surface area is 99.6 Å². The molecule has 0 saturated carbocycles. The number of hydrogen-bond donors (Lipinski definition) is 2. The van der Waals surface area contributed by atoms with Crippen LogP contribution in [0.25, 0.3) is 0 Å². The number of nitrogens with one attached hydrogen (secondary N) is 1. The lowest BCUT2D eigenvalue weighted by atomic mass is 10.2. The topological polar surface area (TPSA) is 72.0 Å². The zero-order valence-corrected chi connectivity index (χ0v) is 9.47. The van der Waals surface area contributed by atoms with Gasteiger partial charge in [-0.25, -0.2) is 0 Å².